The van der Waals surface area contributed by atoms with Gasteiger partial charge in [-0.2, -0.15) is 0 Å². The zero-order chi connectivity index (χ0) is 9.35. The molecular formula is C11H16O. The summed E-state index contributed by atoms with van der Waals surface area (Å²) in [6.07, 6.45) is 5.79. The monoisotopic (exact) mass is 164 g/mol. The molecule has 0 aromatic rings. The predicted octanol–water partition coefficient (Wildman–Crippen LogP) is 2.73. The highest BCUT2D eigenvalue weighted by Gasteiger charge is 2.33. The van der Waals surface area contributed by atoms with Gasteiger partial charge in [0.25, 0.3) is 0 Å². The molecule has 0 radical (unpaired) electrons. The van der Waals surface area contributed by atoms with E-state index < -0.39 is 0 Å². The average Bonchev–Trinajstić information content (AvgIpc) is 1.97. The molecule has 0 N–H and O–H groups in total. The zero-order valence-electron chi connectivity index (χ0n) is 8.22. The summed E-state index contributed by atoms with van der Waals surface area (Å²) in [5.41, 5.74) is 0.776. The van der Waals surface area contributed by atoms with Crippen molar-refractivity contribution < 1.29 is 4.79 Å². The van der Waals surface area contributed by atoms with Gasteiger partial charge in [-0.05, 0) is 31.4 Å². The third-order valence-corrected chi connectivity index (χ3v) is 2.78. The molecule has 1 unspecified atom stereocenters. The summed E-state index contributed by atoms with van der Waals surface area (Å²) in [7, 11) is 0. The molecule has 66 valence electrons. The number of rotatable bonds is 1. The molecule has 1 aliphatic rings. The summed E-state index contributed by atoms with van der Waals surface area (Å²) in [5, 5.41) is 0. The minimum Gasteiger partial charge on any atom is -0.294 e. The van der Waals surface area contributed by atoms with Crippen LogP contribution in [0.5, 0.6) is 0 Å². The topological polar surface area (TPSA) is 17.1 Å². The standard InChI is InChI=1S/C11H16O/c1-8(2)11(4)6-5-9(3)7-10(11)12/h5-8H,1-4H3. The Hall–Kier alpha value is -0.850. The van der Waals surface area contributed by atoms with Crippen LogP contribution in [0.4, 0.5) is 0 Å². The highest BCUT2D eigenvalue weighted by atomic mass is 16.1. The summed E-state index contributed by atoms with van der Waals surface area (Å²) < 4.78 is 0. The number of hydrogen-bond donors (Lipinski definition) is 0. The minimum atomic E-state index is -0.278. The fourth-order valence-corrected chi connectivity index (χ4v) is 1.27. The van der Waals surface area contributed by atoms with E-state index in [2.05, 4.69) is 13.8 Å². The summed E-state index contributed by atoms with van der Waals surface area (Å²) in [6.45, 7) is 8.11. The Morgan fingerprint density at radius 2 is 2.00 bits per heavy atom. The molecule has 1 heteroatoms. The number of hydrogen-bond acceptors (Lipinski definition) is 1. The van der Waals surface area contributed by atoms with Crippen LogP contribution in [0.1, 0.15) is 27.7 Å². The number of carbonyl (C=O) groups is 1. The van der Waals surface area contributed by atoms with E-state index in [1.165, 1.54) is 0 Å². The van der Waals surface area contributed by atoms with Gasteiger partial charge in [0.2, 0.25) is 0 Å². The molecular weight excluding hydrogens is 148 g/mol. The second-order valence-corrected chi connectivity index (χ2v) is 4.02. The van der Waals surface area contributed by atoms with Gasteiger partial charge in [0.15, 0.2) is 5.78 Å². The van der Waals surface area contributed by atoms with Gasteiger partial charge in [-0.1, -0.05) is 26.0 Å². The Kier molecular flexibility index (Phi) is 2.22. The third-order valence-electron chi connectivity index (χ3n) is 2.78. The van der Waals surface area contributed by atoms with Crippen molar-refractivity contribution in [3.63, 3.8) is 0 Å². The van der Waals surface area contributed by atoms with Crippen molar-refractivity contribution in [2.24, 2.45) is 11.3 Å². The van der Waals surface area contributed by atoms with E-state index in [4.69, 9.17) is 0 Å². The van der Waals surface area contributed by atoms with Crippen LogP contribution in [0.2, 0.25) is 0 Å². The van der Waals surface area contributed by atoms with E-state index >= 15 is 0 Å². The lowest BCUT2D eigenvalue weighted by Crippen LogP contribution is -2.31. The third kappa shape index (κ3) is 1.36. The van der Waals surface area contributed by atoms with Crippen LogP contribution in [0.3, 0.4) is 0 Å². The lowest BCUT2D eigenvalue weighted by Gasteiger charge is -2.29. The van der Waals surface area contributed by atoms with Crippen molar-refractivity contribution in [3.05, 3.63) is 23.8 Å². The smallest absolute Gasteiger partial charge is 0.165 e. The summed E-state index contributed by atoms with van der Waals surface area (Å²) in [4.78, 5) is 11.6. The zero-order valence-corrected chi connectivity index (χ0v) is 8.22. The van der Waals surface area contributed by atoms with E-state index in [0.29, 0.717) is 5.92 Å². The molecule has 1 nitrogen and oxygen atoms in total. The predicted molar refractivity (Wildman–Crippen MR) is 50.8 cm³/mol. The Morgan fingerprint density at radius 1 is 1.42 bits per heavy atom. The number of carbonyl (C=O) groups excluding carboxylic acids is 1. The molecule has 1 rings (SSSR count). The highest BCUT2D eigenvalue weighted by molar-refractivity contribution is 5.98. The molecule has 0 aromatic heterocycles. The maximum atomic E-state index is 11.6. The molecule has 0 heterocycles. The first-order valence-corrected chi connectivity index (χ1v) is 4.39. The summed E-state index contributed by atoms with van der Waals surface area (Å²) >= 11 is 0. The molecule has 0 fully saturated rings. The van der Waals surface area contributed by atoms with Crippen LogP contribution in [-0.4, -0.2) is 5.78 Å². The summed E-state index contributed by atoms with van der Waals surface area (Å²) in [6, 6.07) is 0. The van der Waals surface area contributed by atoms with Crippen molar-refractivity contribution in [3.8, 4) is 0 Å². The largest absolute Gasteiger partial charge is 0.294 e. The van der Waals surface area contributed by atoms with Crippen molar-refractivity contribution in [1.82, 2.24) is 0 Å². The average molecular weight is 164 g/mol. The second kappa shape index (κ2) is 2.89. The lowest BCUT2D eigenvalue weighted by molar-refractivity contribution is -0.122. The molecule has 0 amide bonds. The molecule has 1 atom stereocenters. The van der Waals surface area contributed by atoms with Crippen molar-refractivity contribution in [2.75, 3.05) is 0 Å². The van der Waals surface area contributed by atoms with Gasteiger partial charge in [0, 0.05) is 0 Å². The molecule has 0 spiro atoms. The lowest BCUT2D eigenvalue weighted by atomic mass is 9.72. The summed E-state index contributed by atoms with van der Waals surface area (Å²) in [5.74, 6) is 0.600. The van der Waals surface area contributed by atoms with Gasteiger partial charge in [-0.3, -0.25) is 4.79 Å². The second-order valence-electron chi connectivity index (χ2n) is 4.02. The Labute approximate surface area is 74.2 Å². The quantitative estimate of drug-likeness (QED) is 0.582. The van der Waals surface area contributed by atoms with Crippen LogP contribution in [0.15, 0.2) is 23.8 Å². The van der Waals surface area contributed by atoms with Gasteiger partial charge in [0.05, 0.1) is 5.41 Å². The maximum Gasteiger partial charge on any atom is 0.165 e. The van der Waals surface area contributed by atoms with E-state index in [1.807, 2.05) is 26.0 Å². The van der Waals surface area contributed by atoms with E-state index in [1.54, 1.807) is 6.08 Å². The van der Waals surface area contributed by atoms with Gasteiger partial charge in [-0.15, -0.1) is 0 Å². The van der Waals surface area contributed by atoms with Crippen molar-refractivity contribution in [1.29, 1.82) is 0 Å². The minimum absolute atomic E-state index is 0.234. The van der Waals surface area contributed by atoms with Crippen molar-refractivity contribution in [2.45, 2.75) is 27.7 Å². The Balaban J connectivity index is 2.99. The Bertz CT molecular complexity index is 258. The molecule has 0 saturated heterocycles. The first-order chi connectivity index (χ1) is 5.47. The van der Waals surface area contributed by atoms with E-state index in [9.17, 15) is 4.79 Å². The SMILES string of the molecule is CC1=CC(=O)C(C)(C(C)C)C=C1. The van der Waals surface area contributed by atoms with Gasteiger partial charge < -0.3 is 0 Å². The van der Waals surface area contributed by atoms with Crippen LogP contribution in [0.25, 0.3) is 0 Å². The number of allylic oxidation sites excluding steroid dienone is 4. The molecule has 1 aliphatic carbocycles. The van der Waals surface area contributed by atoms with Crippen molar-refractivity contribution >= 4 is 5.78 Å². The normalized spacial score (nSPS) is 29.4. The Morgan fingerprint density at radius 3 is 2.42 bits per heavy atom. The van der Waals surface area contributed by atoms with Gasteiger partial charge >= 0.3 is 0 Å². The van der Waals surface area contributed by atoms with Crippen LogP contribution in [0, 0.1) is 11.3 Å². The molecule has 0 aromatic carbocycles. The number of ketones is 1. The first kappa shape index (κ1) is 9.24. The highest BCUT2D eigenvalue weighted by Crippen LogP contribution is 2.33. The van der Waals surface area contributed by atoms with Gasteiger partial charge in [-0.25, -0.2) is 0 Å². The van der Waals surface area contributed by atoms with Gasteiger partial charge in [0.1, 0.15) is 0 Å². The fourth-order valence-electron chi connectivity index (χ4n) is 1.27. The van der Waals surface area contributed by atoms with Crippen LogP contribution < -0.4 is 0 Å². The maximum absolute atomic E-state index is 11.6. The van der Waals surface area contributed by atoms with E-state index in [-0.39, 0.29) is 11.2 Å². The van der Waals surface area contributed by atoms with E-state index in [0.717, 1.165) is 5.57 Å². The van der Waals surface area contributed by atoms with Crippen LogP contribution in [-0.2, 0) is 4.79 Å². The molecule has 12 heavy (non-hydrogen) atoms. The molecule has 0 saturated carbocycles. The first-order valence-electron chi connectivity index (χ1n) is 4.39. The van der Waals surface area contributed by atoms with Crippen LogP contribution >= 0.6 is 0 Å². The molecule has 0 bridgehead atoms. The molecule has 0 aliphatic heterocycles. The fraction of sp³-hybridized carbons (Fsp3) is 0.545.